The Morgan fingerprint density at radius 1 is 1.14 bits per heavy atom. The predicted octanol–water partition coefficient (Wildman–Crippen LogP) is 3.62. The first-order valence-corrected chi connectivity index (χ1v) is 9.80. The van der Waals surface area contributed by atoms with Crippen LogP contribution in [-0.4, -0.2) is 45.0 Å². The highest BCUT2D eigenvalue weighted by atomic mass is 35.5. The maximum absolute atomic E-state index is 12.9. The number of aromatic nitrogens is 3. The van der Waals surface area contributed by atoms with Crippen LogP contribution in [0.1, 0.15) is 23.3 Å². The average molecular weight is 410 g/mol. The van der Waals surface area contributed by atoms with Crippen LogP contribution in [0.5, 0.6) is 0 Å². The largest absolute Gasteiger partial charge is 0.337 e. The van der Waals surface area contributed by atoms with Gasteiger partial charge in [0.05, 0.1) is 11.6 Å². The number of piperidine rings is 1. The summed E-state index contributed by atoms with van der Waals surface area (Å²) >= 11 is 5.97. The van der Waals surface area contributed by atoms with Gasteiger partial charge in [-0.3, -0.25) is 19.7 Å². The number of pyridine rings is 1. The molecule has 1 atom stereocenters. The van der Waals surface area contributed by atoms with E-state index in [1.807, 2.05) is 18.2 Å². The van der Waals surface area contributed by atoms with Crippen LogP contribution in [0.4, 0.5) is 5.69 Å². The van der Waals surface area contributed by atoms with Gasteiger partial charge in [0.15, 0.2) is 0 Å². The summed E-state index contributed by atoms with van der Waals surface area (Å²) in [6, 6.07) is 14.3. The number of nitrogens with zero attached hydrogens (tertiary/aromatic N) is 3. The average Bonchev–Trinajstić information content (AvgIpc) is 3.24. The molecule has 1 unspecified atom stereocenters. The van der Waals surface area contributed by atoms with Crippen molar-refractivity contribution in [2.45, 2.75) is 12.8 Å². The Bertz CT molecular complexity index is 1020. The van der Waals surface area contributed by atoms with E-state index >= 15 is 0 Å². The molecule has 148 valence electrons. The molecule has 1 fully saturated rings. The third-order valence-electron chi connectivity index (χ3n) is 4.91. The lowest BCUT2D eigenvalue weighted by atomic mass is 9.96. The number of benzene rings is 1. The lowest BCUT2D eigenvalue weighted by Crippen LogP contribution is -2.43. The number of rotatable bonds is 4. The van der Waals surface area contributed by atoms with Gasteiger partial charge in [-0.25, -0.2) is 0 Å². The standard InChI is InChI=1S/C21H20ClN5O2/c22-15-6-3-7-16(11-15)24-20(28)14-5-4-10-27(13-14)21(29)19-12-18(25-26-19)17-8-1-2-9-23-17/h1-3,6-9,11-12,14H,4-5,10,13H2,(H,24,28)(H,25,26). The van der Waals surface area contributed by atoms with Crippen LogP contribution in [0.25, 0.3) is 11.4 Å². The Balaban J connectivity index is 1.42. The molecule has 0 saturated carbocycles. The van der Waals surface area contributed by atoms with Crippen molar-refractivity contribution in [2.24, 2.45) is 5.92 Å². The number of halogens is 1. The highest BCUT2D eigenvalue weighted by molar-refractivity contribution is 6.30. The van der Waals surface area contributed by atoms with Crippen molar-refractivity contribution in [3.8, 4) is 11.4 Å². The fourth-order valence-electron chi connectivity index (χ4n) is 3.43. The predicted molar refractivity (Wildman–Crippen MR) is 111 cm³/mol. The molecule has 4 rings (SSSR count). The van der Waals surface area contributed by atoms with Gasteiger partial charge in [-0.15, -0.1) is 0 Å². The molecule has 3 heterocycles. The van der Waals surface area contributed by atoms with Gasteiger partial charge >= 0.3 is 0 Å². The first-order valence-electron chi connectivity index (χ1n) is 9.42. The molecule has 1 saturated heterocycles. The summed E-state index contributed by atoms with van der Waals surface area (Å²) < 4.78 is 0. The Morgan fingerprint density at radius 2 is 2.03 bits per heavy atom. The van der Waals surface area contributed by atoms with E-state index in [0.29, 0.717) is 40.9 Å². The number of amides is 2. The van der Waals surface area contributed by atoms with Crippen LogP contribution < -0.4 is 5.32 Å². The maximum atomic E-state index is 12.9. The number of H-pyrrole nitrogens is 1. The van der Waals surface area contributed by atoms with Gasteiger partial charge in [0.1, 0.15) is 11.4 Å². The Hall–Kier alpha value is -3.19. The van der Waals surface area contributed by atoms with Crippen LogP contribution >= 0.6 is 11.6 Å². The smallest absolute Gasteiger partial charge is 0.271 e. The number of carbonyl (C=O) groups excluding carboxylic acids is 2. The van der Waals surface area contributed by atoms with Crippen LogP contribution in [0.3, 0.4) is 0 Å². The Labute approximate surface area is 173 Å². The minimum atomic E-state index is -0.273. The molecule has 2 amide bonds. The minimum absolute atomic E-state index is 0.108. The van der Waals surface area contributed by atoms with E-state index in [4.69, 9.17) is 11.6 Å². The molecule has 8 heteroatoms. The summed E-state index contributed by atoms with van der Waals surface area (Å²) in [6.07, 6.45) is 3.18. The van der Waals surface area contributed by atoms with Crippen LogP contribution in [0, 0.1) is 5.92 Å². The highest BCUT2D eigenvalue weighted by Gasteiger charge is 2.29. The quantitative estimate of drug-likeness (QED) is 0.688. The fourth-order valence-corrected chi connectivity index (χ4v) is 3.62. The molecule has 2 N–H and O–H groups in total. The molecule has 7 nitrogen and oxygen atoms in total. The summed E-state index contributed by atoms with van der Waals surface area (Å²) in [5, 5.41) is 10.4. The molecular formula is C21H20ClN5O2. The summed E-state index contributed by atoms with van der Waals surface area (Å²) in [6.45, 7) is 0.973. The van der Waals surface area contributed by atoms with E-state index < -0.39 is 0 Å². The third-order valence-corrected chi connectivity index (χ3v) is 5.14. The van der Waals surface area contributed by atoms with E-state index in [1.54, 1.807) is 41.4 Å². The topological polar surface area (TPSA) is 91.0 Å². The van der Waals surface area contributed by atoms with Gasteiger partial charge in [-0.05, 0) is 49.2 Å². The summed E-state index contributed by atoms with van der Waals surface area (Å²) in [5.41, 5.74) is 2.35. The van der Waals surface area contributed by atoms with Crippen molar-refractivity contribution in [3.05, 3.63) is 65.4 Å². The first-order chi connectivity index (χ1) is 14.1. The summed E-state index contributed by atoms with van der Waals surface area (Å²) in [4.78, 5) is 31.5. The molecule has 0 radical (unpaired) electrons. The van der Waals surface area contributed by atoms with Gasteiger partial charge in [-0.1, -0.05) is 23.7 Å². The van der Waals surface area contributed by atoms with Gasteiger partial charge in [0.2, 0.25) is 5.91 Å². The van der Waals surface area contributed by atoms with Gasteiger partial charge in [-0.2, -0.15) is 5.10 Å². The number of nitrogens with one attached hydrogen (secondary N) is 2. The fraction of sp³-hybridized carbons (Fsp3) is 0.238. The SMILES string of the molecule is O=C(Nc1cccc(Cl)c1)C1CCCN(C(=O)c2cc(-c3ccccn3)n[nH]2)C1. The summed E-state index contributed by atoms with van der Waals surface area (Å²) in [5.74, 6) is -0.548. The second-order valence-electron chi connectivity index (χ2n) is 6.97. The van der Waals surface area contributed by atoms with E-state index in [-0.39, 0.29) is 17.7 Å². The van der Waals surface area contributed by atoms with Crippen molar-refractivity contribution in [1.82, 2.24) is 20.1 Å². The van der Waals surface area contributed by atoms with Crippen LogP contribution in [-0.2, 0) is 4.79 Å². The molecule has 0 bridgehead atoms. The van der Waals surface area contributed by atoms with Gasteiger partial charge in [0.25, 0.3) is 5.91 Å². The van der Waals surface area contributed by atoms with Gasteiger partial charge in [0, 0.05) is 30.0 Å². The molecular weight excluding hydrogens is 390 g/mol. The molecule has 0 aliphatic carbocycles. The normalized spacial score (nSPS) is 16.4. The van der Waals surface area contributed by atoms with E-state index in [1.165, 1.54) is 0 Å². The lowest BCUT2D eigenvalue weighted by Gasteiger charge is -2.31. The minimum Gasteiger partial charge on any atom is -0.337 e. The number of aromatic amines is 1. The zero-order chi connectivity index (χ0) is 20.2. The number of hydrogen-bond acceptors (Lipinski definition) is 4. The highest BCUT2D eigenvalue weighted by Crippen LogP contribution is 2.22. The second-order valence-corrected chi connectivity index (χ2v) is 7.41. The molecule has 1 aromatic carbocycles. The Kier molecular flexibility index (Phi) is 5.57. The number of hydrogen-bond donors (Lipinski definition) is 2. The van der Waals surface area contributed by atoms with E-state index in [2.05, 4.69) is 20.5 Å². The molecule has 29 heavy (non-hydrogen) atoms. The van der Waals surface area contributed by atoms with Gasteiger partial charge < -0.3 is 10.2 Å². The number of anilines is 1. The number of likely N-dealkylation sites (tertiary alicyclic amines) is 1. The first kappa shape index (κ1) is 19.1. The van der Waals surface area contributed by atoms with Crippen LogP contribution in [0.15, 0.2) is 54.7 Å². The molecule has 2 aromatic heterocycles. The van der Waals surface area contributed by atoms with Crippen LogP contribution in [0.2, 0.25) is 5.02 Å². The molecule has 3 aromatic rings. The van der Waals surface area contributed by atoms with Crippen molar-refractivity contribution in [3.63, 3.8) is 0 Å². The summed E-state index contributed by atoms with van der Waals surface area (Å²) in [7, 11) is 0. The molecule has 1 aliphatic heterocycles. The van der Waals surface area contributed by atoms with Crippen molar-refractivity contribution >= 4 is 29.1 Å². The van der Waals surface area contributed by atoms with Crippen molar-refractivity contribution in [1.29, 1.82) is 0 Å². The zero-order valence-electron chi connectivity index (χ0n) is 15.6. The lowest BCUT2D eigenvalue weighted by molar-refractivity contribution is -0.121. The van der Waals surface area contributed by atoms with Crippen molar-refractivity contribution < 1.29 is 9.59 Å². The third kappa shape index (κ3) is 4.46. The second kappa shape index (κ2) is 8.45. The van der Waals surface area contributed by atoms with Crippen molar-refractivity contribution in [2.75, 3.05) is 18.4 Å². The maximum Gasteiger partial charge on any atom is 0.271 e. The molecule has 0 spiro atoms. The zero-order valence-corrected chi connectivity index (χ0v) is 16.4. The Morgan fingerprint density at radius 3 is 2.83 bits per heavy atom. The number of carbonyl (C=O) groups is 2. The monoisotopic (exact) mass is 409 g/mol. The van der Waals surface area contributed by atoms with E-state index in [9.17, 15) is 9.59 Å². The molecule has 1 aliphatic rings. The van der Waals surface area contributed by atoms with E-state index in [0.717, 1.165) is 12.8 Å².